The monoisotopic (exact) mass is 446 g/mol. The van der Waals surface area contributed by atoms with Crippen LogP contribution in [0.2, 0.25) is 0 Å². The molecule has 1 aromatic heterocycles. The van der Waals surface area contributed by atoms with Crippen LogP contribution < -0.4 is 10.1 Å². The van der Waals surface area contributed by atoms with E-state index in [0.717, 1.165) is 28.6 Å². The van der Waals surface area contributed by atoms with Crippen molar-refractivity contribution in [2.45, 2.75) is 31.5 Å². The number of carbonyl (C=O) groups is 1. The average Bonchev–Trinajstić information content (AvgIpc) is 3.19. The highest BCUT2D eigenvalue weighted by Crippen LogP contribution is 2.26. The minimum atomic E-state index is -0.265. The van der Waals surface area contributed by atoms with Gasteiger partial charge in [-0.05, 0) is 42.5 Å². The predicted octanol–water partition coefficient (Wildman–Crippen LogP) is 5.40. The number of thioether (sulfide) groups is 1. The van der Waals surface area contributed by atoms with Gasteiger partial charge in [-0.25, -0.2) is 0 Å². The molecule has 0 unspecified atom stereocenters. The molecule has 3 aromatic carbocycles. The maximum absolute atomic E-state index is 12.6. The zero-order valence-electron chi connectivity index (χ0n) is 18.4. The molecule has 32 heavy (non-hydrogen) atoms. The van der Waals surface area contributed by atoms with Crippen LogP contribution in [0.1, 0.15) is 31.3 Å². The predicted molar refractivity (Wildman–Crippen MR) is 129 cm³/mol. The molecule has 0 saturated carbocycles. The lowest BCUT2D eigenvalue weighted by Gasteiger charge is -2.14. The number of aryl methyl sites for hydroxylation is 1. The van der Waals surface area contributed by atoms with Crippen molar-refractivity contribution in [3.63, 3.8) is 0 Å². The fraction of sp³-hybridized carbons (Fsp3) is 0.240. The quantitative estimate of drug-likeness (QED) is 0.367. The van der Waals surface area contributed by atoms with Crippen molar-refractivity contribution in [3.8, 4) is 5.75 Å². The van der Waals surface area contributed by atoms with Gasteiger partial charge >= 0.3 is 0 Å². The molecular weight excluding hydrogens is 420 g/mol. The summed E-state index contributed by atoms with van der Waals surface area (Å²) in [6.07, 6.45) is 0.729. The second-order valence-corrected chi connectivity index (χ2v) is 8.46. The molecule has 7 heteroatoms. The molecule has 1 N–H and O–H groups in total. The Morgan fingerprint density at radius 3 is 2.59 bits per heavy atom. The number of nitrogens with one attached hydrogen (secondary N) is 1. The SMILES string of the molecule is CCc1ccc(O[C@H](C)c2nnc(SCC(=O)Nc3cccc4ccccc34)n2C)cc1. The third-order valence-corrected chi connectivity index (χ3v) is 6.29. The van der Waals surface area contributed by atoms with Gasteiger partial charge in [0.2, 0.25) is 5.91 Å². The number of hydrogen-bond acceptors (Lipinski definition) is 5. The van der Waals surface area contributed by atoms with Crippen molar-refractivity contribution in [3.05, 3.63) is 78.1 Å². The molecule has 0 radical (unpaired) electrons. The molecule has 1 atom stereocenters. The average molecular weight is 447 g/mol. The summed E-state index contributed by atoms with van der Waals surface area (Å²) in [7, 11) is 1.89. The molecule has 0 bridgehead atoms. The Bertz CT molecular complexity index is 1220. The van der Waals surface area contributed by atoms with E-state index in [1.165, 1.54) is 17.3 Å². The van der Waals surface area contributed by atoms with Crippen LogP contribution in [-0.4, -0.2) is 26.4 Å². The molecule has 164 valence electrons. The van der Waals surface area contributed by atoms with Gasteiger partial charge in [0.15, 0.2) is 17.1 Å². The van der Waals surface area contributed by atoms with Crippen LogP contribution in [0.15, 0.2) is 71.9 Å². The van der Waals surface area contributed by atoms with Crippen molar-refractivity contribution >= 4 is 34.1 Å². The fourth-order valence-electron chi connectivity index (χ4n) is 3.52. The van der Waals surface area contributed by atoms with E-state index < -0.39 is 0 Å². The molecule has 0 saturated heterocycles. The van der Waals surface area contributed by atoms with Crippen LogP contribution in [0.25, 0.3) is 10.8 Å². The third kappa shape index (κ3) is 4.94. The first-order chi connectivity index (χ1) is 15.5. The van der Waals surface area contributed by atoms with E-state index in [2.05, 4.69) is 34.6 Å². The van der Waals surface area contributed by atoms with Gasteiger partial charge in [-0.2, -0.15) is 0 Å². The summed E-state index contributed by atoms with van der Waals surface area (Å²) >= 11 is 1.35. The summed E-state index contributed by atoms with van der Waals surface area (Å²) in [4.78, 5) is 12.6. The highest BCUT2D eigenvalue weighted by atomic mass is 32.2. The van der Waals surface area contributed by atoms with Gasteiger partial charge in [0.05, 0.1) is 5.75 Å². The first-order valence-corrected chi connectivity index (χ1v) is 11.6. The first kappa shape index (κ1) is 21.9. The Balaban J connectivity index is 1.37. The summed E-state index contributed by atoms with van der Waals surface area (Å²) in [5.74, 6) is 1.65. The summed E-state index contributed by atoms with van der Waals surface area (Å²) in [5, 5.41) is 14.3. The zero-order chi connectivity index (χ0) is 22.5. The summed E-state index contributed by atoms with van der Waals surface area (Å²) in [5.41, 5.74) is 2.08. The van der Waals surface area contributed by atoms with Gasteiger partial charge in [-0.3, -0.25) is 4.79 Å². The van der Waals surface area contributed by atoms with Crippen LogP contribution in [0.4, 0.5) is 5.69 Å². The van der Waals surface area contributed by atoms with Crippen LogP contribution >= 0.6 is 11.8 Å². The van der Waals surface area contributed by atoms with E-state index in [-0.39, 0.29) is 17.8 Å². The second-order valence-electron chi connectivity index (χ2n) is 7.52. The smallest absolute Gasteiger partial charge is 0.234 e. The maximum Gasteiger partial charge on any atom is 0.234 e. The van der Waals surface area contributed by atoms with Crippen molar-refractivity contribution < 1.29 is 9.53 Å². The molecule has 6 nitrogen and oxygen atoms in total. The lowest BCUT2D eigenvalue weighted by Crippen LogP contribution is -2.15. The molecular formula is C25H26N4O2S. The zero-order valence-corrected chi connectivity index (χ0v) is 19.2. The number of rotatable bonds is 8. The number of fused-ring (bicyclic) bond motifs is 1. The number of aromatic nitrogens is 3. The number of carbonyl (C=O) groups excluding carboxylic acids is 1. The Kier molecular flexibility index (Phi) is 6.75. The van der Waals surface area contributed by atoms with Crippen LogP contribution in [-0.2, 0) is 18.3 Å². The molecule has 0 aliphatic heterocycles. The minimum absolute atomic E-state index is 0.0868. The van der Waals surface area contributed by atoms with Crippen LogP contribution in [0.5, 0.6) is 5.75 Å². The lowest BCUT2D eigenvalue weighted by atomic mass is 10.1. The Morgan fingerprint density at radius 2 is 1.81 bits per heavy atom. The van der Waals surface area contributed by atoms with E-state index in [4.69, 9.17) is 4.74 Å². The number of ether oxygens (including phenoxy) is 1. The first-order valence-electron chi connectivity index (χ1n) is 10.6. The number of hydrogen-bond donors (Lipinski definition) is 1. The van der Waals surface area contributed by atoms with Crippen molar-refractivity contribution in [2.24, 2.45) is 7.05 Å². The number of anilines is 1. The summed E-state index contributed by atoms with van der Waals surface area (Å²) in [6, 6.07) is 21.9. The van der Waals surface area contributed by atoms with Crippen molar-refractivity contribution in [1.29, 1.82) is 0 Å². The number of amides is 1. The summed E-state index contributed by atoms with van der Waals surface area (Å²) < 4.78 is 7.90. The Hall–Kier alpha value is -3.32. The highest BCUT2D eigenvalue weighted by Gasteiger charge is 2.18. The van der Waals surface area contributed by atoms with Gasteiger partial charge in [0.25, 0.3) is 0 Å². The molecule has 0 aliphatic rings. The lowest BCUT2D eigenvalue weighted by molar-refractivity contribution is -0.113. The molecule has 4 aromatic rings. The van der Waals surface area contributed by atoms with Crippen molar-refractivity contribution in [1.82, 2.24) is 14.8 Å². The van der Waals surface area contributed by atoms with Gasteiger partial charge in [0.1, 0.15) is 5.75 Å². The largest absolute Gasteiger partial charge is 0.483 e. The minimum Gasteiger partial charge on any atom is -0.483 e. The topological polar surface area (TPSA) is 69.0 Å². The molecule has 0 fully saturated rings. The van der Waals surface area contributed by atoms with E-state index in [9.17, 15) is 4.79 Å². The van der Waals surface area contributed by atoms with E-state index >= 15 is 0 Å². The van der Waals surface area contributed by atoms with Gasteiger partial charge in [-0.1, -0.05) is 67.2 Å². The van der Waals surface area contributed by atoms with E-state index in [1.807, 2.05) is 73.1 Å². The highest BCUT2D eigenvalue weighted by molar-refractivity contribution is 7.99. The standard InChI is InChI=1S/C25H26N4O2S/c1-4-18-12-14-20(15-13-18)31-17(2)24-27-28-25(29(24)3)32-16-23(30)26-22-11-7-9-19-8-5-6-10-21(19)22/h5-15,17H,4,16H2,1-3H3,(H,26,30)/t17-/m1/s1. The molecule has 1 amide bonds. The molecule has 4 rings (SSSR count). The normalized spacial score (nSPS) is 12.0. The molecule has 1 heterocycles. The number of nitrogens with zero attached hydrogens (tertiary/aromatic N) is 3. The number of benzene rings is 3. The van der Waals surface area contributed by atoms with E-state index in [1.54, 1.807) is 0 Å². The van der Waals surface area contributed by atoms with Crippen LogP contribution in [0, 0.1) is 0 Å². The van der Waals surface area contributed by atoms with Gasteiger partial charge < -0.3 is 14.6 Å². The van der Waals surface area contributed by atoms with Crippen LogP contribution in [0.3, 0.4) is 0 Å². The van der Waals surface area contributed by atoms with Crippen molar-refractivity contribution in [2.75, 3.05) is 11.1 Å². The van der Waals surface area contributed by atoms with E-state index in [0.29, 0.717) is 11.0 Å². The summed E-state index contributed by atoms with van der Waals surface area (Å²) in [6.45, 7) is 4.07. The fourth-order valence-corrected chi connectivity index (χ4v) is 4.24. The third-order valence-electron chi connectivity index (χ3n) is 5.27. The molecule has 0 aliphatic carbocycles. The maximum atomic E-state index is 12.6. The van der Waals surface area contributed by atoms with Gasteiger partial charge in [0, 0.05) is 18.1 Å². The van der Waals surface area contributed by atoms with Gasteiger partial charge in [-0.15, -0.1) is 10.2 Å². The Labute approximate surface area is 192 Å². The second kappa shape index (κ2) is 9.87. The molecule has 0 spiro atoms. The Morgan fingerprint density at radius 1 is 1.06 bits per heavy atom.